The zero-order valence-electron chi connectivity index (χ0n) is 14.2. The van der Waals surface area contributed by atoms with Crippen molar-refractivity contribution in [2.24, 2.45) is 0 Å². The number of hydrogen-bond acceptors (Lipinski definition) is 1. The smallest absolute Gasteiger partial charge is 0.0873 e. The van der Waals surface area contributed by atoms with E-state index < -0.39 is 0 Å². The van der Waals surface area contributed by atoms with Crippen LogP contribution in [0, 0.1) is 0 Å². The molecule has 122 valence electrons. The van der Waals surface area contributed by atoms with Crippen molar-refractivity contribution in [3.63, 3.8) is 0 Å². The second-order valence-corrected chi connectivity index (χ2v) is 5.62. The quantitative estimate of drug-likeness (QED) is 0.170. The topological polar surface area (TPSA) is 9.23 Å². The van der Waals surface area contributed by atoms with Crippen molar-refractivity contribution in [3.8, 4) is 0 Å². The zero-order valence-corrected chi connectivity index (χ0v) is 14.2. The summed E-state index contributed by atoms with van der Waals surface area (Å²) < 4.78 is 5.10. The molecule has 21 heavy (non-hydrogen) atoms. The standard InChI is InChI=1S/C20H36O/c1-3-5-6-7-8-9-10-11-12-13-14-15-16-17-18-19-20-21-4-2/h4,8-9,11-12H,2-3,5-7,10,13-20H2,1H3. The third kappa shape index (κ3) is 19.0. The van der Waals surface area contributed by atoms with E-state index in [1.807, 2.05) is 0 Å². The molecule has 1 heteroatoms. The summed E-state index contributed by atoms with van der Waals surface area (Å²) in [7, 11) is 0. The van der Waals surface area contributed by atoms with Gasteiger partial charge in [0.15, 0.2) is 0 Å². The van der Waals surface area contributed by atoms with E-state index in [1.54, 1.807) is 0 Å². The van der Waals surface area contributed by atoms with E-state index in [0.717, 1.165) is 19.4 Å². The lowest BCUT2D eigenvalue weighted by Crippen LogP contribution is -1.87. The molecule has 0 bridgehead atoms. The average Bonchev–Trinajstić information content (AvgIpc) is 2.50. The second kappa shape index (κ2) is 19.0. The van der Waals surface area contributed by atoms with Gasteiger partial charge in [-0.1, -0.05) is 76.3 Å². The molecule has 0 aromatic carbocycles. The molecule has 0 atom stereocenters. The van der Waals surface area contributed by atoms with Crippen LogP contribution in [-0.2, 0) is 4.74 Å². The summed E-state index contributed by atoms with van der Waals surface area (Å²) in [6, 6.07) is 0. The van der Waals surface area contributed by atoms with E-state index in [0.29, 0.717) is 0 Å². The molecule has 0 unspecified atom stereocenters. The van der Waals surface area contributed by atoms with Crippen LogP contribution in [0.1, 0.15) is 84.0 Å². The Hall–Kier alpha value is -0.980. The van der Waals surface area contributed by atoms with Gasteiger partial charge in [0.2, 0.25) is 0 Å². The second-order valence-electron chi connectivity index (χ2n) is 5.62. The highest BCUT2D eigenvalue weighted by Gasteiger charge is 1.90. The van der Waals surface area contributed by atoms with Crippen LogP contribution in [0.2, 0.25) is 0 Å². The summed E-state index contributed by atoms with van der Waals surface area (Å²) in [6.45, 7) is 6.62. The van der Waals surface area contributed by atoms with Crippen LogP contribution >= 0.6 is 0 Å². The summed E-state index contributed by atoms with van der Waals surface area (Å²) >= 11 is 0. The SMILES string of the molecule is C=COCCCCCCCCC=CCC=CCCCCC. The predicted molar refractivity (Wildman–Crippen MR) is 95.5 cm³/mol. The van der Waals surface area contributed by atoms with Crippen LogP contribution < -0.4 is 0 Å². The Labute approximate surface area is 133 Å². The Bertz CT molecular complexity index is 253. The number of allylic oxidation sites excluding steroid dienone is 4. The van der Waals surface area contributed by atoms with Gasteiger partial charge in [0, 0.05) is 0 Å². The largest absolute Gasteiger partial charge is 0.502 e. The maximum absolute atomic E-state index is 5.10. The lowest BCUT2D eigenvalue weighted by molar-refractivity contribution is 0.241. The molecule has 0 aliphatic rings. The van der Waals surface area contributed by atoms with Crippen molar-refractivity contribution in [3.05, 3.63) is 37.1 Å². The van der Waals surface area contributed by atoms with Crippen molar-refractivity contribution in [1.29, 1.82) is 0 Å². The molecule has 0 rings (SSSR count). The number of ether oxygens (including phenoxy) is 1. The molecule has 0 saturated carbocycles. The van der Waals surface area contributed by atoms with Gasteiger partial charge >= 0.3 is 0 Å². The van der Waals surface area contributed by atoms with Crippen LogP contribution in [0.4, 0.5) is 0 Å². The fourth-order valence-corrected chi connectivity index (χ4v) is 2.26. The number of rotatable bonds is 16. The highest BCUT2D eigenvalue weighted by molar-refractivity contribution is 4.92. The summed E-state index contributed by atoms with van der Waals surface area (Å²) in [5.74, 6) is 0. The molecular weight excluding hydrogens is 256 g/mol. The minimum atomic E-state index is 0.832. The highest BCUT2D eigenvalue weighted by Crippen LogP contribution is 2.08. The third-order valence-electron chi connectivity index (χ3n) is 3.58. The first-order valence-corrected chi connectivity index (χ1v) is 8.94. The summed E-state index contributed by atoms with van der Waals surface area (Å²) in [4.78, 5) is 0. The minimum absolute atomic E-state index is 0.832. The van der Waals surface area contributed by atoms with Crippen LogP contribution in [0.5, 0.6) is 0 Å². The van der Waals surface area contributed by atoms with Gasteiger partial charge in [0.05, 0.1) is 12.9 Å². The van der Waals surface area contributed by atoms with Crippen molar-refractivity contribution in [2.45, 2.75) is 84.0 Å². The van der Waals surface area contributed by atoms with Crippen molar-refractivity contribution >= 4 is 0 Å². The van der Waals surface area contributed by atoms with Crippen molar-refractivity contribution < 1.29 is 4.74 Å². The lowest BCUT2D eigenvalue weighted by Gasteiger charge is -2.01. The van der Waals surface area contributed by atoms with E-state index in [-0.39, 0.29) is 0 Å². The van der Waals surface area contributed by atoms with Crippen molar-refractivity contribution in [2.75, 3.05) is 6.61 Å². The molecular formula is C20H36O. The molecule has 0 amide bonds. The molecule has 0 aromatic rings. The first kappa shape index (κ1) is 20.0. The van der Waals surface area contributed by atoms with E-state index in [4.69, 9.17) is 4.74 Å². The van der Waals surface area contributed by atoms with Crippen LogP contribution in [-0.4, -0.2) is 6.61 Å². The Morgan fingerprint density at radius 3 is 1.90 bits per heavy atom. The number of unbranched alkanes of at least 4 members (excludes halogenated alkanes) is 9. The van der Waals surface area contributed by atoms with Gasteiger partial charge in [-0.3, -0.25) is 0 Å². The summed E-state index contributed by atoms with van der Waals surface area (Å²) in [6.07, 6.45) is 26.3. The molecule has 0 fully saturated rings. The maximum Gasteiger partial charge on any atom is 0.0873 e. The third-order valence-corrected chi connectivity index (χ3v) is 3.58. The first-order valence-electron chi connectivity index (χ1n) is 8.94. The van der Waals surface area contributed by atoms with Gasteiger partial charge in [0.1, 0.15) is 0 Å². The van der Waals surface area contributed by atoms with E-state index in [9.17, 15) is 0 Å². The summed E-state index contributed by atoms with van der Waals surface area (Å²) in [5, 5.41) is 0. The minimum Gasteiger partial charge on any atom is -0.502 e. The Kier molecular flexibility index (Phi) is 18.1. The molecule has 1 nitrogen and oxygen atoms in total. The van der Waals surface area contributed by atoms with Gasteiger partial charge in [-0.2, -0.15) is 0 Å². The highest BCUT2D eigenvalue weighted by atomic mass is 16.5. The van der Waals surface area contributed by atoms with Gasteiger partial charge in [-0.15, -0.1) is 0 Å². The Morgan fingerprint density at radius 1 is 0.714 bits per heavy atom. The summed E-state index contributed by atoms with van der Waals surface area (Å²) in [5.41, 5.74) is 0. The predicted octanol–water partition coefficient (Wildman–Crippen LogP) is 6.96. The maximum atomic E-state index is 5.10. The van der Waals surface area contributed by atoms with E-state index in [2.05, 4.69) is 37.8 Å². The van der Waals surface area contributed by atoms with Gasteiger partial charge in [-0.25, -0.2) is 0 Å². The van der Waals surface area contributed by atoms with Gasteiger partial charge < -0.3 is 4.74 Å². The molecule has 0 aliphatic heterocycles. The van der Waals surface area contributed by atoms with Crippen LogP contribution in [0.25, 0.3) is 0 Å². The molecule has 0 N–H and O–H groups in total. The van der Waals surface area contributed by atoms with Gasteiger partial charge in [-0.05, 0) is 38.5 Å². The van der Waals surface area contributed by atoms with E-state index >= 15 is 0 Å². The van der Waals surface area contributed by atoms with Crippen LogP contribution in [0.3, 0.4) is 0 Å². The fourth-order valence-electron chi connectivity index (χ4n) is 2.26. The molecule has 0 radical (unpaired) electrons. The molecule has 0 spiro atoms. The molecule has 0 aliphatic carbocycles. The molecule has 0 heterocycles. The normalized spacial score (nSPS) is 11.5. The Balaban J connectivity index is 3.13. The van der Waals surface area contributed by atoms with Gasteiger partial charge in [0.25, 0.3) is 0 Å². The van der Waals surface area contributed by atoms with E-state index in [1.165, 1.54) is 70.5 Å². The first-order chi connectivity index (χ1) is 10.4. The molecule has 0 saturated heterocycles. The average molecular weight is 293 g/mol. The molecule has 0 aromatic heterocycles. The number of hydrogen-bond donors (Lipinski definition) is 0. The van der Waals surface area contributed by atoms with Crippen LogP contribution in [0.15, 0.2) is 37.1 Å². The monoisotopic (exact) mass is 292 g/mol. The lowest BCUT2D eigenvalue weighted by atomic mass is 10.1. The zero-order chi connectivity index (χ0) is 15.4. The fraction of sp³-hybridized carbons (Fsp3) is 0.700. The Morgan fingerprint density at radius 2 is 1.29 bits per heavy atom. The van der Waals surface area contributed by atoms with Crippen molar-refractivity contribution in [1.82, 2.24) is 0 Å².